The van der Waals surface area contributed by atoms with Gasteiger partial charge in [0.15, 0.2) is 0 Å². The first kappa shape index (κ1) is 12.0. The Morgan fingerprint density at radius 3 is 2.78 bits per heavy atom. The summed E-state index contributed by atoms with van der Waals surface area (Å²) in [7, 11) is 0. The van der Waals surface area contributed by atoms with E-state index in [-0.39, 0.29) is 6.04 Å². The average Bonchev–Trinajstić information content (AvgIpc) is 2.93. The molecule has 1 aliphatic carbocycles. The van der Waals surface area contributed by atoms with Crippen LogP contribution in [-0.2, 0) is 6.42 Å². The van der Waals surface area contributed by atoms with Gasteiger partial charge in [-0.1, -0.05) is 6.07 Å². The summed E-state index contributed by atoms with van der Waals surface area (Å²) in [5.74, 6) is 0.957. The normalized spacial score (nSPS) is 27.8. The molecule has 2 aliphatic rings. The zero-order valence-corrected chi connectivity index (χ0v) is 11.5. The van der Waals surface area contributed by atoms with Crippen LogP contribution in [0.3, 0.4) is 0 Å². The van der Waals surface area contributed by atoms with Crippen molar-refractivity contribution in [3.05, 3.63) is 29.3 Å². The molecule has 0 spiro atoms. The molecule has 2 nitrogen and oxygen atoms in total. The maximum absolute atomic E-state index is 5.89. The zero-order valence-electron chi connectivity index (χ0n) is 11.5. The molecule has 3 atom stereocenters. The minimum absolute atomic E-state index is 0.248. The molecule has 98 valence electrons. The maximum atomic E-state index is 5.89. The Kier molecular flexibility index (Phi) is 3.06. The molecule has 0 radical (unpaired) electrons. The van der Waals surface area contributed by atoms with Gasteiger partial charge >= 0.3 is 0 Å². The predicted octanol–water partition coefficient (Wildman–Crippen LogP) is 2.87. The van der Waals surface area contributed by atoms with Crippen molar-refractivity contribution >= 4 is 5.69 Å². The summed E-state index contributed by atoms with van der Waals surface area (Å²) in [5.41, 5.74) is 10.1. The molecule has 1 aliphatic heterocycles. The van der Waals surface area contributed by atoms with Gasteiger partial charge in [-0.2, -0.15) is 0 Å². The van der Waals surface area contributed by atoms with Gasteiger partial charge in [-0.15, -0.1) is 0 Å². The molecule has 1 heterocycles. The second kappa shape index (κ2) is 4.58. The molecule has 3 unspecified atom stereocenters. The van der Waals surface area contributed by atoms with Crippen LogP contribution in [0, 0.1) is 12.8 Å². The van der Waals surface area contributed by atoms with E-state index in [4.69, 9.17) is 5.73 Å². The minimum Gasteiger partial charge on any atom is -0.368 e. The highest BCUT2D eigenvalue weighted by molar-refractivity contribution is 5.53. The van der Waals surface area contributed by atoms with Crippen molar-refractivity contribution in [3.8, 4) is 0 Å². The number of fused-ring (bicyclic) bond motifs is 2. The fourth-order valence-corrected chi connectivity index (χ4v) is 3.68. The van der Waals surface area contributed by atoms with Crippen molar-refractivity contribution in [2.24, 2.45) is 11.7 Å². The van der Waals surface area contributed by atoms with E-state index in [0.717, 1.165) is 18.4 Å². The molecule has 0 aromatic heterocycles. The monoisotopic (exact) mass is 244 g/mol. The number of hydrogen-bond donors (Lipinski definition) is 1. The number of aryl methyl sites for hydroxylation is 1. The lowest BCUT2D eigenvalue weighted by Crippen LogP contribution is -2.31. The highest BCUT2D eigenvalue weighted by Crippen LogP contribution is 2.40. The third-order valence-electron chi connectivity index (χ3n) is 4.61. The van der Waals surface area contributed by atoms with E-state index < -0.39 is 0 Å². The van der Waals surface area contributed by atoms with Crippen LogP contribution < -0.4 is 10.6 Å². The van der Waals surface area contributed by atoms with E-state index in [1.54, 1.807) is 0 Å². The molecule has 0 amide bonds. The van der Waals surface area contributed by atoms with Gasteiger partial charge in [0, 0.05) is 24.3 Å². The Morgan fingerprint density at radius 2 is 2.22 bits per heavy atom. The third kappa shape index (κ3) is 2.14. The molecule has 1 saturated carbocycles. The van der Waals surface area contributed by atoms with E-state index in [1.807, 2.05) is 0 Å². The van der Waals surface area contributed by atoms with Gasteiger partial charge < -0.3 is 10.6 Å². The van der Waals surface area contributed by atoms with Gasteiger partial charge in [0.05, 0.1) is 0 Å². The highest BCUT2D eigenvalue weighted by Gasteiger charge is 2.37. The average molecular weight is 244 g/mol. The van der Waals surface area contributed by atoms with Crippen molar-refractivity contribution in [1.29, 1.82) is 0 Å². The molecule has 2 fully saturated rings. The molecule has 2 N–H and O–H groups in total. The number of nitrogens with zero attached hydrogens (tertiary/aromatic N) is 1. The Hall–Kier alpha value is -1.02. The SMILES string of the molecule is Cc1cc(N2CC3CCC2C3)ccc1CC(C)N. The van der Waals surface area contributed by atoms with Crippen molar-refractivity contribution in [1.82, 2.24) is 0 Å². The summed E-state index contributed by atoms with van der Waals surface area (Å²) in [4.78, 5) is 2.62. The van der Waals surface area contributed by atoms with Crippen LogP contribution in [0.25, 0.3) is 0 Å². The smallest absolute Gasteiger partial charge is 0.0371 e. The van der Waals surface area contributed by atoms with Crippen molar-refractivity contribution in [3.63, 3.8) is 0 Å². The van der Waals surface area contributed by atoms with Crippen LogP contribution in [0.1, 0.15) is 37.3 Å². The predicted molar refractivity (Wildman–Crippen MR) is 77.0 cm³/mol. The molecular weight excluding hydrogens is 220 g/mol. The van der Waals surface area contributed by atoms with Gasteiger partial charge in [-0.25, -0.2) is 0 Å². The number of rotatable bonds is 3. The lowest BCUT2D eigenvalue weighted by Gasteiger charge is -2.29. The van der Waals surface area contributed by atoms with Gasteiger partial charge in [0.2, 0.25) is 0 Å². The highest BCUT2D eigenvalue weighted by atomic mass is 15.2. The van der Waals surface area contributed by atoms with Gasteiger partial charge in [0.25, 0.3) is 0 Å². The number of piperidine rings is 1. The van der Waals surface area contributed by atoms with E-state index >= 15 is 0 Å². The first-order chi connectivity index (χ1) is 8.63. The van der Waals surface area contributed by atoms with Crippen LogP contribution in [0.4, 0.5) is 5.69 Å². The van der Waals surface area contributed by atoms with E-state index in [9.17, 15) is 0 Å². The molecule has 18 heavy (non-hydrogen) atoms. The Bertz CT molecular complexity index is 439. The van der Waals surface area contributed by atoms with Gasteiger partial charge in [0.1, 0.15) is 0 Å². The second-order valence-electron chi connectivity index (χ2n) is 6.28. The summed E-state index contributed by atoms with van der Waals surface area (Å²) in [6.45, 7) is 5.57. The maximum Gasteiger partial charge on any atom is 0.0371 e. The molecule has 2 bridgehead atoms. The van der Waals surface area contributed by atoms with E-state index in [0.29, 0.717) is 0 Å². The van der Waals surface area contributed by atoms with Crippen molar-refractivity contribution < 1.29 is 0 Å². The Labute approximate surface area is 110 Å². The summed E-state index contributed by atoms with van der Waals surface area (Å²) < 4.78 is 0. The summed E-state index contributed by atoms with van der Waals surface area (Å²) in [6, 6.07) is 8.00. The number of hydrogen-bond acceptors (Lipinski definition) is 2. The fraction of sp³-hybridized carbons (Fsp3) is 0.625. The zero-order chi connectivity index (χ0) is 12.7. The van der Waals surface area contributed by atoms with Crippen LogP contribution in [0.2, 0.25) is 0 Å². The molecule has 1 aromatic rings. The Balaban J connectivity index is 1.80. The van der Waals surface area contributed by atoms with Crippen LogP contribution >= 0.6 is 0 Å². The third-order valence-corrected chi connectivity index (χ3v) is 4.61. The fourth-order valence-electron chi connectivity index (χ4n) is 3.68. The molecular formula is C16H24N2. The van der Waals surface area contributed by atoms with Crippen LogP contribution in [0.5, 0.6) is 0 Å². The summed E-state index contributed by atoms with van der Waals surface area (Å²) in [6.07, 6.45) is 5.24. The lowest BCUT2D eigenvalue weighted by molar-refractivity contribution is 0.553. The number of benzene rings is 1. The number of anilines is 1. The Morgan fingerprint density at radius 1 is 1.39 bits per heavy atom. The number of nitrogens with two attached hydrogens (primary N) is 1. The van der Waals surface area contributed by atoms with Gasteiger partial charge in [-0.05, 0) is 68.7 Å². The van der Waals surface area contributed by atoms with E-state index in [2.05, 4.69) is 36.9 Å². The summed E-state index contributed by atoms with van der Waals surface area (Å²) >= 11 is 0. The van der Waals surface area contributed by atoms with E-state index in [1.165, 1.54) is 42.6 Å². The first-order valence-corrected chi connectivity index (χ1v) is 7.25. The topological polar surface area (TPSA) is 29.3 Å². The van der Waals surface area contributed by atoms with Crippen molar-refractivity contribution in [2.45, 2.75) is 51.6 Å². The molecule has 3 rings (SSSR count). The molecule has 1 saturated heterocycles. The largest absolute Gasteiger partial charge is 0.368 e. The summed E-state index contributed by atoms with van der Waals surface area (Å²) in [5, 5.41) is 0. The second-order valence-corrected chi connectivity index (χ2v) is 6.28. The quantitative estimate of drug-likeness (QED) is 0.886. The first-order valence-electron chi connectivity index (χ1n) is 7.25. The molecule has 2 heteroatoms. The molecule has 1 aromatic carbocycles. The van der Waals surface area contributed by atoms with Crippen LogP contribution in [0.15, 0.2) is 18.2 Å². The van der Waals surface area contributed by atoms with Crippen LogP contribution in [-0.4, -0.2) is 18.6 Å². The lowest BCUT2D eigenvalue weighted by atomic mass is 10.0. The standard InChI is InChI=1S/C16H24N2/c1-11-7-15(6-4-14(11)8-12(2)17)18-10-13-3-5-16(18)9-13/h4,6-7,12-13,16H,3,5,8-10,17H2,1-2H3. The minimum atomic E-state index is 0.248. The van der Waals surface area contributed by atoms with Crippen molar-refractivity contribution in [2.75, 3.05) is 11.4 Å². The van der Waals surface area contributed by atoms with Gasteiger partial charge in [-0.3, -0.25) is 0 Å².